The van der Waals surface area contributed by atoms with Gasteiger partial charge in [-0.05, 0) is 12.1 Å². The van der Waals surface area contributed by atoms with Crippen molar-refractivity contribution in [1.29, 1.82) is 0 Å². The summed E-state index contributed by atoms with van der Waals surface area (Å²) in [5, 5.41) is 9.36. The van der Waals surface area contributed by atoms with Gasteiger partial charge in [-0.25, -0.2) is 8.78 Å². The number of aliphatic hydroxyl groups is 1. The lowest BCUT2D eigenvalue weighted by atomic mass is 10.2. The molecule has 1 aliphatic rings. The van der Waals surface area contributed by atoms with Crippen molar-refractivity contribution in [2.75, 3.05) is 32.8 Å². The van der Waals surface area contributed by atoms with Crippen LogP contribution in [0.2, 0.25) is 0 Å². The predicted molar refractivity (Wildman–Crippen MR) is 75.1 cm³/mol. The van der Waals surface area contributed by atoms with E-state index in [9.17, 15) is 13.6 Å². The van der Waals surface area contributed by atoms with E-state index in [0.717, 1.165) is 12.1 Å². The van der Waals surface area contributed by atoms with Gasteiger partial charge in [0.1, 0.15) is 18.0 Å². The highest BCUT2D eigenvalue weighted by Gasteiger charge is 2.21. The molecular weight excluding hydrogens is 294 g/mol. The number of fused-ring (bicyclic) bond motifs is 1. The fraction of sp³-hybridized carbons (Fsp3) is 0.400. The zero-order valence-electron chi connectivity index (χ0n) is 11.9. The third-order valence-corrected chi connectivity index (χ3v) is 3.85. The number of amides is 1. The van der Waals surface area contributed by atoms with Crippen LogP contribution in [0, 0.1) is 11.6 Å². The number of halogens is 2. The molecule has 7 heteroatoms. The molecular formula is C15H16F2N2O3. The number of aliphatic hydroxyl groups excluding tert-OH is 1. The summed E-state index contributed by atoms with van der Waals surface area (Å²) in [6.45, 7) is 2.45. The van der Waals surface area contributed by atoms with Gasteiger partial charge in [-0.15, -0.1) is 0 Å². The average Bonchev–Trinajstić information content (AvgIpc) is 2.89. The van der Waals surface area contributed by atoms with Gasteiger partial charge in [-0.3, -0.25) is 9.69 Å². The first-order valence-electron chi connectivity index (χ1n) is 7.05. The molecule has 0 saturated carbocycles. The molecule has 1 fully saturated rings. The number of hydrogen-bond donors (Lipinski definition) is 1. The number of benzene rings is 1. The van der Waals surface area contributed by atoms with Crippen LogP contribution in [0.4, 0.5) is 8.78 Å². The highest BCUT2D eigenvalue weighted by Crippen LogP contribution is 2.23. The highest BCUT2D eigenvalue weighted by molar-refractivity contribution is 5.78. The molecule has 1 amide bonds. The number of nitrogens with zero attached hydrogens (tertiary/aromatic N) is 2. The van der Waals surface area contributed by atoms with Crippen LogP contribution < -0.4 is 0 Å². The van der Waals surface area contributed by atoms with Crippen LogP contribution in [0.3, 0.4) is 0 Å². The first kappa shape index (κ1) is 14.9. The minimum Gasteiger partial charge on any atom is -0.460 e. The lowest BCUT2D eigenvalue weighted by molar-refractivity contribution is -0.136. The first-order valence-corrected chi connectivity index (χ1v) is 7.05. The Labute approximate surface area is 125 Å². The summed E-state index contributed by atoms with van der Waals surface area (Å²) in [4.78, 5) is 15.1. The molecule has 1 N–H and O–H groups in total. The topological polar surface area (TPSA) is 56.9 Å². The Kier molecular flexibility index (Phi) is 4.08. The fourth-order valence-corrected chi connectivity index (χ4v) is 2.64. The summed E-state index contributed by atoms with van der Waals surface area (Å²) in [6.07, 6.45) is 0. The van der Waals surface area contributed by atoms with Gasteiger partial charge >= 0.3 is 0 Å². The van der Waals surface area contributed by atoms with Gasteiger partial charge in [0.25, 0.3) is 0 Å². The summed E-state index contributed by atoms with van der Waals surface area (Å²) < 4.78 is 31.9. The number of carbonyl (C=O) groups excluding carboxylic acids is 1. The van der Waals surface area contributed by atoms with Crippen molar-refractivity contribution >= 4 is 16.9 Å². The van der Waals surface area contributed by atoms with Crippen LogP contribution in [0.15, 0.2) is 22.6 Å². The van der Waals surface area contributed by atoms with E-state index < -0.39 is 18.2 Å². The molecule has 0 atom stereocenters. The minimum absolute atomic E-state index is 0.269. The molecule has 1 aliphatic heterocycles. The number of furan rings is 1. The molecule has 0 aliphatic carbocycles. The molecule has 1 saturated heterocycles. The largest absolute Gasteiger partial charge is 0.460 e. The smallest absolute Gasteiger partial charge is 0.248 e. The highest BCUT2D eigenvalue weighted by atomic mass is 19.2. The van der Waals surface area contributed by atoms with Crippen molar-refractivity contribution in [1.82, 2.24) is 9.80 Å². The third-order valence-electron chi connectivity index (χ3n) is 3.85. The van der Waals surface area contributed by atoms with E-state index in [0.29, 0.717) is 49.5 Å². The lowest BCUT2D eigenvalue weighted by Gasteiger charge is -2.33. The normalized spacial score (nSPS) is 16.4. The van der Waals surface area contributed by atoms with Crippen LogP contribution in [0.1, 0.15) is 5.76 Å². The molecule has 3 rings (SSSR count). The van der Waals surface area contributed by atoms with E-state index in [1.807, 2.05) is 0 Å². The molecule has 1 aromatic heterocycles. The van der Waals surface area contributed by atoms with E-state index in [2.05, 4.69) is 4.90 Å². The zero-order valence-corrected chi connectivity index (χ0v) is 11.9. The monoisotopic (exact) mass is 310 g/mol. The Morgan fingerprint density at radius 2 is 1.82 bits per heavy atom. The first-order chi connectivity index (χ1) is 10.6. The quantitative estimate of drug-likeness (QED) is 0.930. The standard InChI is InChI=1S/C15H16F2N2O3/c16-12-6-10-5-11(22-14(10)7-13(12)17)8-18-1-3-19(4-2-18)15(21)9-20/h5-7,20H,1-4,8-9H2. The molecule has 2 aromatic rings. The number of hydrogen-bond acceptors (Lipinski definition) is 4. The Balaban J connectivity index is 1.66. The SMILES string of the molecule is O=C(CO)N1CCN(Cc2cc3cc(F)c(F)cc3o2)CC1. The molecule has 0 bridgehead atoms. The van der Waals surface area contributed by atoms with Crippen molar-refractivity contribution in [3.63, 3.8) is 0 Å². The van der Waals surface area contributed by atoms with Crippen LogP contribution in [-0.4, -0.2) is 53.6 Å². The van der Waals surface area contributed by atoms with Crippen LogP contribution >= 0.6 is 0 Å². The van der Waals surface area contributed by atoms with E-state index >= 15 is 0 Å². The summed E-state index contributed by atoms with van der Waals surface area (Å²) in [7, 11) is 0. The maximum Gasteiger partial charge on any atom is 0.248 e. The second-order valence-electron chi connectivity index (χ2n) is 5.33. The molecule has 0 radical (unpaired) electrons. The van der Waals surface area contributed by atoms with Gasteiger partial charge in [-0.2, -0.15) is 0 Å². The predicted octanol–water partition coefficient (Wildman–Crippen LogP) is 1.35. The van der Waals surface area contributed by atoms with Crippen molar-refractivity contribution < 1.29 is 23.1 Å². The van der Waals surface area contributed by atoms with Crippen LogP contribution in [0.25, 0.3) is 11.0 Å². The molecule has 0 unspecified atom stereocenters. The molecule has 2 heterocycles. The van der Waals surface area contributed by atoms with Gasteiger partial charge in [0.2, 0.25) is 5.91 Å². The lowest BCUT2D eigenvalue weighted by Crippen LogP contribution is -2.49. The fourth-order valence-electron chi connectivity index (χ4n) is 2.64. The maximum atomic E-state index is 13.2. The number of carbonyl (C=O) groups is 1. The second-order valence-corrected chi connectivity index (χ2v) is 5.33. The van der Waals surface area contributed by atoms with Crippen LogP contribution in [-0.2, 0) is 11.3 Å². The van der Waals surface area contributed by atoms with E-state index in [1.165, 1.54) is 0 Å². The van der Waals surface area contributed by atoms with Gasteiger partial charge in [0.05, 0.1) is 6.54 Å². The van der Waals surface area contributed by atoms with Gasteiger partial charge in [-0.1, -0.05) is 0 Å². The molecule has 118 valence electrons. The van der Waals surface area contributed by atoms with Crippen LogP contribution in [0.5, 0.6) is 0 Å². The van der Waals surface area contributed by atoms with Crippen molar-refractivity contribution in [2.24, 2.45) is 0 Å². The summed E-state index contributed by atoms with van der Waals surface area (Å²) in [5.74, 6) is -1.46. The van der Waals surface area contributed by atoms with Gasteiger partial charge < -0.3 is 14.4 Å². The second kappa shape index (κ2) is 6.02. The molecule has 5 nitrogen and oxygen atoms in total. The Bertz CT molecular complexity index is 654. The maximum absolute atomic E-state index is 13.2. The van der Waals surface area contributed by atoms with E-state index in [4.69, 9.17) is 9.52 Å². The zero-order chi connectivity index (χ0) is 15.7. The Morgan fingerprint density at radius 1 is 1.14 bits per heavy atom. The Hall–Kier alpha value is -1.99. The van der Waals surface area contributed by atoms with E-state index in [1.54, 1.807) is 11.0 Å². The Morgan fingerprint density at radius 3 is 2.50 bits per heavy atom. The van der Waals surface area contributed by atoms with Crippen molar-refractivity contribution in [2.45, 2.75) is 6.54 Å². The summed E-state index contributed by atoms with van der Waals surface area (Å²) >= 11 is 0. The number of rotatable bonds is 3. The third kappa shape index (κ3) is 2.95. The molecule has 1 aromatic carbocycles. The molecule has 0 spiro atoms. The van der Waals surface area contributed by atoms with E-state index in [-0.39, 0.29) is 5.91 Å². The minimum atomic E-state index is -0.926. The van der Waals surface area contributed by atoms with Crippen molar-refractivity contribution in [3.8, 4) is 0 Å². The van der Waals surface area contributed by atoms with Gasteiger partial charge in [0, 0.05) is 37.6 Å². The number of piperazine rings is 1. The van der Waals surface area contributed by atoms with Crippen molar-refractivity contribution in [3.05, 3.63) is 35.6 Å². The average molecular weight is 310 g/mol. The van der Waals surface area contributed by atoms with Gasteiger partial charge in [0.15, 0.2) is 11.6 Å². The molecule has 22 heavy (non-hydrogen) atoms. The summed E-state index contributed by atoms with van der Waals surface area (Å²) in [5.41, 5.74) is 0.322. The summed E-state index contributed by atoms with van der Waals surface area (Å²) in [6, 6.07) is 3.87.